The molecule has 16 heavy (non-hydrogen) atoms. The Morgan fingerprint density at radius 2 is 2.06 bits per heavy atom. The molecule has 0 spiro atoms. The fourth-order valence-electron chi connectivity index (χ4n) is 2.24. The molecule has 0 saturated heterocycles. The van der Waals surface area contributed by atoms with Crippen LogP contribution in [0.1, 0.15) is 38.5 Å². The second kappa shape index (κ2) is 8.34. The van der Waals surface area contributed by atoms with Crippen molar-refractivity contribution in [2.45, 2.75) is 38.5 Å². The van der Waals surface area contributed by atoms with Crippen molar-refractivity contribution < 1.29 is 4.79 Å². The third-order valence-electron chi connectivity index (χ3n) is 3.17. The van der Waals surface area contributed by atoms with Crippen molar-refractivity contribution in [1.82, 2.24) is 10.6 Å². The molecule has 1 rings (SSSR count). The fourth-order valence-corrected chi connectivity index (χ4v) is 2.24. The van der Waals surface area contributed by atoms with Gasteiger partial charge in [-0.25, -0.2) is 0 Å². The summed E-state index contributed by atoms with van der Waals surface area (Å²) >= 11 is 0. The summed E-state index contributed by atoms with van der Waals surface area (Å²) in [5, 5.41) is 5.95. The van der Waals surface area contributed by atoms with Crippen LogP contribution < -0.4 is 10.6 Å². The van der Waals surface area contributed by atoms with Gasteiger partial charge in [-0.15, -0.1) is 6.58 Å². The molecule has 0 aliphatic heterocycles. The number of rotatable bonds is 7. The molecule has 0 bridgehead atoms. The first-order valence-electron chi connectivity index (χ1n) is 6.41. The summed E-state index contributed by atoms with van der Waals surface area (Å²) in [5.41, 5.74) is 0. The lowest BCUT2D eigenvalue weighted by Crippen LogP contribution is -2.35. The molecule has 3 heteroatoms. The first-order valence-corrected chi connectivity index (χ1v) is 6.41. The van der Waals surface area contributed by atoms with E-state index < -0.39 is 0 Å². The summed E-state index contributed by atoms with van der Waals surface area (Å²) in [4.78, 5) is 11.4. The second-order valence-corrected chi connectivity index (χ2v) is 4.56. The van der Waals surface area contributed by atoms with Gasteiger partial charge in [0.25, 0.3) is 0 Å². The Labute approximate surface area is 98.7 Å². The highest BCUT2D eigenvalue weighted by molar-refractivity contribution is 5.77. The van der Waals surface area contributed by atoms with Gasteiger partial charge in [0.2, 0.25) is 5.91 Å². The predicted octanol–water partition coefficient (Wildman–Crippen LogP) is 1.85. The summed E-state index contributed by atoms with van der Waals surface area (Å²) in [5.74, 6) is 0.938. The van der Waals surface area contributed by atoms with Crippen LogP contribution in [0.5, 0.6) is 0 Å². The molecule has 1 fully saturated rings. The minimum atomic E-state index is 0.0951. The van der Waals surface area contributed by atoms with Crippen molar-refractivity contribution in [3.63, 3.8) is 0 Å². The van der Waals surface area contributed by atoms with E-state index in [1.807, 2.05) is 0 Å². The van der Waals surface area contributed by atoms with E-state index in [0.29, 0.717) is 13.1 Å². The van der Waals surface area contributed by atoms with Gasteiger partial charge < -0.3 is 10.6 Å². The van der Waals surface area contributed by atoms with E-state index in [4.69, 9.17) is 0 Å². The van der Waals surface area contributed by atoms with E-state index in [2.05, 4.69) is 17.2 Å². The van der Waals surface area contributed by atoms with Crippen LogP contribution in [0, 0.1) is 5.92 Å². The summed E-state index contributed by atoms with van der Waals surface area (Å²) in [6.45, 7) is 5.51. The molecule has 1 amide bonds. The van der Waals surface area contributed by atoms with Crippen LogP contribution in [0.3, 0.4) is 0 Å². The molecule has 3 nitrogen and oxygen atoms in total. The Kier molecular flexibility index (Phi) is 6.90. The lowest BCUT2D eigenvalue weighted by Gasteiger charge is -2.21. The molecule has 0 aromatic rings. The van der Waals surface area contributed by atoms with Gasteiger partial charge in [-0.1, -0.05) is 38.2 Å². The molecular formula is C13H24N2O. The molecule has 0 atom stereocenters. The standard InChI is InChI=1S/C13H24N2O/c1-2-9-14-11-13(16)15-10-8-12-6-4-3-5-7-12/h2,12,14H,1,3-11H2,(H,15,16). The number of carbonyl (C=O) groups is 1. The van der Waals surface area contributed by atoms with Crippen molar-refractivity contribution in [2.75, 3.05) is 19.6 Å². The van der Waals surface area contributed by atoms with Gasteiger partial charge in [-0.05, 0) is 12.3 Å². The quantitative estimate of drug-likeness (QED) is 0.512. The predicted molar refractivity (Wildman–Crippen MR) is 67.3 cm³/mol. The van der Waals surface area contributed by atoms with E-state index in [1.54, 1.807) is 6.08 Å². The van der Waals surface area contributed by atoms with E-state index in [-0.39, 0.29) is 5.91 Å². The van der Waals surface area contributed by atoms with Gasteiger partial charge in [0.1, 0.15) is 0 Å². The Morgan fingerprint density at radius 1 is 1.31 bits per heavy atom. The average molecular weight is 224 g/mol. The second-order valence-electron chi connectivity index (χ2n) is 4.56. The lowest BCUT2D eigenvalue weighted by molar-refractivity contribution is -0.120. The van der Waals surface area contributed by atoms with Crippen LogP contribution in [0.15, 0.2) is 12.7 Å². The Balaban J connectivity index is 1.96. The Morgan fingerprint density at radius 3 is 2.75 bits per heavy atom. The minimum Gasteiger partial charge on any atom is -0.355 e. The van der Waals surface area contributed by atoms with E-state index in [0.717, 1.165) is 18.9 Å². The zero-order chi connectivity index (χ0) is 11.6. The molecule has 0 heterocycles. The van der Waals surface area contributed by atoms with E-state index >= 15 is 0 Å². The first kappa shape index (κ1) is 13.2. The zero-order valence-electron chi connectivity index (χ0n) is 10.1. The van der Waals surface area contributed by atoms with Gasteiger partial charge in [-0.2, -0.15) is 0 Å². The van der Waals surface area contributed by atoms with Gasteiger partial charge >= 0.3 is 0 Å². The van der Waals surface area contributed by atoms with Crippen LogP contribution in [-0.2, 0) is 4.79 Å². The van der Waals surface area contributed by atoms with Gasteiger partial charge in [-0.3, -0.25) is 4.79 Å². The number of carbonyl (C=O) groups excluding carboxylic acids is 1. The van der Waals surface area contributed by atoms with Crippen molar-refractivity contribution in [2.24, 2.45) is 5.92 Å². The molecule has 0 radical (unpaired) electrons. The fraction of sp³-hybridized carbons (Fsp3) is 0.769. The summed E-state index contributed by atoms with van der Waals surface area (Å²) in [6, 6.07) is 0. The molecule has 1 aliphatic rings. The van der Waals surface area contributed by atoms with Crippen molar-refractivity contribution >= 4 is 5.91 Å². The smallest absolute Gasteiger partial charge is 0.233 e. The molecule has 0 aromatic heterocycles. The zero-order valence-corrected chi connectivity index (χ0v) is 10.1. The molecule has 1 aliphatic carbocycles. The van der Waals surface area contributed by atoms with Crippen LogP contribution in [0.2, 0.25) is 0 Å². The van der Waals surface area contributed by atoms with E-state index in [9.17, 15) is 4.79 Å². The van der Waals surface area contributed by atoms with Crippen LogP contribution in [0.25, 0.3) is 0 Å². The van der Waals surface area contributed by atoms with Gasteiger partial charge in [0.05, 0.1) is 6.54 Å². The Bertz CT molecular complexity index is 210. The Hall–Kier alpha value is -0.830. The molecule has 0 aromatic carbocycles. The van der Waals surface area contributed by atoms with Crippen LogP contribution in [-0.4, -0.2) is 25.5 Å². The third kappa shape index (κ3) is 5.91. The summed E-state index contributed by atoms with van der Waals surface area (Å²) in [7, 11) is 0. The number of hydrogen-bond donors (Lipinski definition) is 2. The van der Waals surface area contributed by atoms with Crippen LogP contribution in [0.4, 0.5) is 0 Å². The largest absolute Gasteiger partial charge is 0.355 e. The van der Waals surface area contributed by atoms with Crippen molar-refractivity contribution in [1.29, 1.82) is 0 Å². The summed E-state index contributed by atoms with van der Waals surface area (Å²) in [6.07, 6.45) is 9.75. The molecular weight excluding hydrogens is 200 g/mol. The highest BCUT2D eigenvalue weighted by Gasteiger charge is 2.12. The maximum Gasteiger partial charge on any atom is 0.233 e. The minimum absolute atomic E-state index is 0.0951. The number of nitrogens with one attached hydrogen (secondary N) is 2. The lowest BCUT2D eigenvalue weighted by atomic mass is 9.87. The number of hydrogen-bond acceptors (Lipinski definition) is 2. The topological polar surface area (TPSA) is 41.1 Å². The van der Waals surface area contributed by atoms with Crippen molar-refractivity contribution in [3.05, 3.63) is 12.7 Å². The van der Waals surface area contributed by atoms with Crippen LogP contribution >= 0.6 is 0 Å². The van der Waals surface area contributed by atoms with E-state index in [1.165, 1.54) is 32.1 Å². The average Bonchev–Trinajstić information content (AvgIpc) is 2.31. The molecule has 1 saturated carbocycles. The number of amides is 1. The first-order chi connectivity index (χ1) is 7.83. The summed E-state index contributed by atoms with van der Waals surface area (Å²) < 4.78 is 0. The maximum atomic E-state index is 11.4. The van der Waals surface area contributed by atoms with Gasteiger partial charge in [0.15, 0.2) is 0 Å². The SMILES string of the molecule is C=CCNCC(=O)NCCC1CCCCC1. The maximum absolute atomic E-state index is 11.4. The van der Waals surface area contributed by atoms with Gasteiger partial charge in [0, 0.05) is 13.1 Å². The molecule has 2 N–H and O–H groups in total. The normalized spacial score (nSPS) is 17.0. The third-order valence-corrected chi connectivity index (χ3v) is 3.17. The molecule has 0 unspecified atom stereocenters. The highest BCUT2D eigenvalue weighted by Crippen LogP contribution is 2.25. The monoisotopic (exact) mass is 224 g/mol. The van der Waals surface area contributed by atoms with Crippen molar-refractivity contribution in [3.8, 4) is 0 Å². The highest BCUT2D eigenvalue weighted by atomic mass is 16.1. The molecule has 92 valence electrons.